The van der Waals surface area contributed by atoms with E-state index >= 15 is 0 Å². The van der Waals surface area contributed by atoms with Gasteiger partial charge in [-0.1, -0.05) is 29.3 Å². The molecular weight excluding hydrogens is 277 g/mol. The molecule has 0 aliphatic rings. The number of benzene rings is 1. The maximum absolute atomic E-state index is 11.4. The third-order valence-corrected chi connectivity index (χ3v) is 2.85. The van der Waals surface area contributed by atoms with Crippen LogP contribution < -0.4 is 5.32 Å². The van der Waals surface area contributed by atoms with Gasteiger partial charge in [0.2, 0.25) is 5.91 Å². The number of carbonyl (C=O) groups excluding carboxylic acids is 2. The Morgan fingerprint density at radius 1 is 1.28 bits per heavy atom. The van der Waals surface area contributed by atoms with E-state index in [-0.39, 0.29) is 25.5 Å². The molecule has 1 aromatic rings. The zero-order valence-electron chi connectivity index (χ0n) is 9.83. The molecule has 0 aromatic heterocycles. The van der Waals surface area contributed by atoms with Gasteiger partial charge >= 0.3 is 5.97 Å². The van der Waals surface area contributed by atoms with Gasteiger partial charge in [-0.3, -0.25) is 9.59 Å². The van der Waals surface area contributed by atoms with Crippen LogP contribution in [0.15, 0.2) is 18.2 Å². The van der Waals surface area contributed by atoms with E-state index in [9.17, 15) is 9.59 Å². The fourth-order valence-electron chi connectivity index (χ4n) is 1.24. The molecule has 1 aromatic carbocycles. The molecular formula is C12H13Cl2NO3. The Kier molecular flexibility index (Phi) is 5.95. The Balaban J connectivity index is 2.40. The van der Waals surface area contributed by atoms with E-state index in [4.69, 9.17) is 27.9 Å². The van der Waals surface area contributed by atoms with E-state index in [0.717, 1.165) is 0 Å². The quantitative estimate of drug-likeness (QED) is 0.848. The number of esters is 1. The molecule has 0 atom stereocenters. The van der Waals surface area contributed by atoms with Crippen LogP contribution in [0.5, 0.6) is 0 Å². The van der Waals surface area contributed by atoms with E-state index < -0.39 is 5.97 Å². The van der Waals surface area contributed by atoms with Crippen molar-refractivity contribution in [2.24, 2.45) is 0 Å². The number of hydrogen-bond donors (Lipinski definition) is 1. The molecule has 0 bridgehead atoms. The maximum Gasteiger partial charge on any atom is 0.307 e. The zero-order chi connectivity index (χ0) is 13.5. The smallest absolute Gasteiger partial charge is 0.307 e. The summed E-state index contributed by atoms with van der Waals surface area (Å²) in [4.78, 5) is 22.0. The second kappa shape index (κ2) is 7.24. The highest BCUT2D eigenvalue weighted by molar-refractivity contribution is 6.35. The SMILES string of the molecule is CC(=O)NCCC(=O)OCc1c(Cl)cccc1Cl. The Morgan fingerprint density at radius 2 is 1.89 bits per heavy atom. The third-order valence-electron chi connectivity index (χ3n) is 2.14. The molecule has 4 nitrogen and oxygen atoms in total. The van der Waals surface area contributed by atoms with Gasteiger partial charge in [0.25, 0.3) is 0 Å². The van der Waals surface area contributed by atoms with Crippen molar-refractivity contribution in [2.45, 2.75) is 20.0 Å². The fraction of sp³-hybridized carbons (Fsp3) is 0.333. The average Bonchev–Trinajstić information content (AvgIpc) is 2.27. The molecule has 0 radical (unpaired) electrons. The van der Waals surface area contributed by atoms with Crippen molar-refractivity contribution < 1.29 is 14.3 Å². The van der Waals surface area contributed by atoms with Crippen LogP contribution in [0.4, 0.5) is 0 Å². The molecule has 98 valence electrons. The van der Waals surface area contributed by atoms with Crippen molar-refractivity contribution in [2.75, 3.05) is 6.54 Å². The summed E-state index contributed by atoms with van der Waals surface area (Å²) in [7, 11) is 0. The van der Waals surface area contributed by atoms with Crippen molar-refractivity contribution in [3.63, 3.8) is 0 Å². The molecule has 1 rings (SSSR count). The van der Waals surface area contributed by atoms with Gasteiger partial charge in [-0.15, -0.1) is 0 Å². The average molecular weight is 290 g/mol. The van der Waals surface area contributed by atoms with Gasteiger partial charge in [0, 0.05) is 29.1 Å². The van der Waals surface area contributed by atoms with E-state index in [1.165, 1.54) is 6.92 Å². The standard InChI is InChI=1S/C12H13Cl2NO3/c1-8(16)15-6-5-12(17)18-7-9-10(13)3-2-4-11(9)14/h2-4H,5-7H2,1H3,(H,15,16). The highest BCUT2D eigenvalue weighted by atomic mass is 35.5. The highest BCUT2D eigenvalue weighted by Gasteiger charge is 2.09. The largest absolute Gasteiger partial charge is 0.461 e. The van der Waals surface area contributed by atoms with Crippen molar-refractivity contribution in [1.29, 1.82) is 0 Å². The summed E-state index contributed by atoms with van der Waals surface area (Å²) in [5.41, 5.74) is 0.578. The highest BCUT2D eigenvalue weighted by Crippen LogP contribution is 2.24. The van der Waals surface area contributed by atoms with E-state index in [2.05, 4.69) is 5.32 Å². The Hall–Kier alpha value is -1.26. The first kappa shape index (κ1) is 14.8. The molecule has 18 heavy (non-hydrogen) atoms. The van der Waals surface area contributed by atoms with Gasteiger partial charge in [0.1, 0.15) is 6.61 Å². The molecule has 0 aliphatic carbocycles. The van der Waals surface area contributed by atoms with Crippen LogP contribution in [-0.4, -0.2) is 18.4 Å². The van der Waals surface area contributed by atoms with Crippen LogP contribution in [0, 0.1) is 0 Å². The number of halogens is 2. The molecule has 0 saturated heterocycles. The molecule has 0 spiro atoms. The number of hydrogen-bond acceptors (Lipinski definition) is 3. The summed E-state index contributed by atoms with van der Waals surface area (Å²) in [6, 6.07) is 5.06. The number of ether oxygens (including phenoxy) is 1. The van der Waals surface area contributed by atoms with Gasteiger partial charge in [-0.2, -0.15) is 0 Å². The first-order valence-corrected chi connectivity index (χ1v) is 6.09. The van der Waals surface area contributed by atoms with Crippen molar-refractivity contribution in [1.82, 2.24) is 5.32 Å². The van der Waals surface area contributed by atoms with E-state index in [1.54, 1.807) is 18.2 Å². The summed E-state index contributed by atoms with van der Waals surface area (Å²) in [5.74, 6) is -0.600. The first-order chi connectivity index (χ1) is 8.50. The maximum atomic E-state index is 11.4. The summed E-state index contributed by atoms with van der Waals surface area (Å²) in [5, 5.41) is 3.42. The minimum absolute atomic E-state index is 0.0252. The molecule has 0 fully saturated rings. The van der Waals surface area contributed by atoms with Crippen molar-refractivity contribution in [3.8, 4) is 0 Å². The summed E-state index contributed by atoms with van der Waals surface area (Å²) in [6.45, 7) is 1.66. The molecule has 0 unspecified atom stereocenters. The van der Waals surface area contributed by atoms with E-state index in [1.807, 2.05) is 0 Å². The number of carbonyl (C=O) groups is 2. The van der Waals surface area contributed by atoms with Crippen LogP contribution >= 0.6 is 23.2 Å². The molecule has 0 aliphatic heterocycles. The predicted octanol–water partition coefficient (Wildman–Crippen LogP) is 2.56. The first-order valence-electron chi connectivity index (χ1n) is 5.33. The second-order valence-electron chi connectivity index (χ2n) is 3.59. The van der Waals surface area contributed by atoms with E-state index in [0.29, 0.717) is 15.6 Å². The predicted molar refractivity (Wildman–Crippen MR) is 69.6 cm³/mol. The lowest BCUT2D eigenvalue weighted by Crippen LogP contribution is -2.23. The van der Waals surface area contributed by atoms with Crippen LogP contribution in [0.2, 0.25) is 10.0 Å². The lowest BCUT2D eigenvalue weighted by Gasteiger charge is -2.08. The lowest BCUT2D eigenvalue weighted by molar-refractivity contribution is -0.144. The fourth-order valence-corrected chi connectivity index (χ4v) is 1.74. The Morgan fingerprint density at radius 3 is 2.44 bits per heavy atom. The topological polar surface area (TPSA) is 55.4 Å². The zero-order valence-corrected chi connectivity index (χ0v) is 11.3. The number of amides is 1. The van der Waals surface area contributed by atoms with Gasteiger partial charge in [0.15, 0.2) is 0 Å². The van der Waals surface area contributed by atoms with Crippen LogP contribution in [0.25, 0.3) is 0 Å². The Bertz CT molecular complexity index is 429. The van der Waals surface area contributed by atoms with Gasteiger partial charge in [-0.05, 0) is 12.1 Å². The molecule has 6 heteroatoms. The second-order valence-corrected chi connectivity index (χ2v) is 4.41. The number of rotatable bonds is 5. The van der Waals surface area contributed by atoms with Crippen LogP contribution in [0.1, 0.15) is 18.9 Å². The van der Waals surface area contributed by atoms with Gasteiger partial charge in [0.05, 0.1) is 6.42 Å². The van der Waals surface area contributed by atoms with Crippen LogP contribution in [-0.2, 0) is 20.9 Å². The minimum Gasteiger partial charge on any atom is -0.461 e. The lowest BCUT2D eigenvalue weighted by atomic mass is 10.2. The summed E-state index contributed by atoms with van der Waals surface area (Å²) in [6.07, 6.45) is 0.113. The van der Waals surface area contributed by atoms with Gasteiger partial charge < -0.3 is 10.1 Å². The number of nitrogens with one attached hydrogen (secondary N) is 1. The van der Waals surface area contributed by atoms with Crippen molar-refractivity contribution in [3.05, 3.63) is 33.8 Å². The molecule has 1 N–H and O–H groups in total. The third kappa shape index (κ3) is 4.94. The Labute approximate surface area is 115 Å². The van der Waals surface area contributed by atoms with Crippen LogP contribution in [0.3, 0.4) is 0 Å². The minimum atomic E-state index is -0.417. The summed E-state index contributed by atoms with van der Waals surface area (Å²) >= 11 is 11.9. The van der Waals surface area contributed by atoms with Crippen molar-refractivity contribution >= 4 is 35.1 Å². The summed E-state index contributed by atoms with van der Waals surface area (Å²) < 4.78 is 5.01. The molecule has 0 heterocycles. The monoisotopic (exact) mass is 289 g/mol. The molecule has 1 amide bonds. The molecule has 0 saturated carbocycles. The normalized spacial score (nSPS) is 9.94. The van der Waals surface area contributed by atoms with Gasteiger partial charge in [-0.25, -0.2) is 0 Å².